The summed E-state index contributed by atoms with van der Waals surface area (Å²) in [5.74, 6) is -0.304. The maximum absolute atomic E-state index is 10.9. The third kappa shape index (κ3) is 9.72. The second-order valence-corrected chi connectivity index (χ2v) is 3.82. The minimum absolute atomic E-state index is 0. The Morgan fingerprint density at radius 1 is 1.47 bits per heavy atom. The number of hydrogen-bond acceptors (Lipinski definition) is 3. The zero-order valence-electron chi connectivity index (χ0n) is 9.57. The number of aliphatic hydroxyl groups is 1. The number of esters is 1. The van der Waals surface area contributed by atoms with Crippen molar-refractivity contribution >= 4 is 5.97 Å². The molecule has 0 aliphatic rings. The number of quaternary nitrogens is 1. The summed E-state index contributed by atoms with van der Waals surface area (Å²) in [7, 11) is 3.85. The van der Waals surface area contributed by atoms with Gasteiger partial charge in [0.15, 0.2) is 6.73 Å². The number of carbonyl (C=O) groups excluding carboxylic acids is 1. The Bertz CT molecular complexity index is 205. The van der Waals surface area contributed by atoms with Gasteiger partial charge in [0, 0.05) is 12.5 Å². The van der Waals surface area contributed by atoms with Gasteiger partial charge in [0.25, 0.3) is 0 Å². The Kier molecular flexibility index (Phi) is 9.77. The highest BCUT2D eigenvalue weighted by Crippen LogP contribution is 1.97. The molecule has 0 aliphatic carbocycles. The van der Waals surface area contributed by atoms with Crippen LogP contribution in [0.4, 0.5) is 0 Å². The van der Waals surface area contributed by atoms with Crippen LogP contribution in [0.15, 0.2) is 12.2 Å². The van der Waals surface area contributed by atoms with Crippen molar-refractivity contribution in [1.29, 1.82) is 0 Å². The molecule has 0 aromatic rings. The van der Waals surface area contributed by atoms with Gasteiger partial charge in [-0.1, -0.05) is 6.08 Å². The van der Waals surface area contributed by atoms with Crippen LogP contribution >= 0.6 is 0 Å². The third-order valence-electron chi connectivity index (χ3n) is 1.84. The lowest BCUT2D eigenvalue weighted by atomic mass is 10.4. The molecule has 4 nitrogen and oxygen atoms in total. The van der Waals surface area contributed by atoms with E-state index in [1.807, 2.05) is 14.1 Å². The third-order valence-corrected chi connectivity index (χ3v) is 1.84. The number of ether oxygens (including phenoxy) is 1. The standard InChI is InChI=1S/C10H20NO3.ClH/c1-4-6-10(13)14-8-5-7-11(2,3)9-12;/h4,6,12H,5,7-9H2,1-3H3;1H/q+1;/p-1. The van der Waals surface area contributed by atoms with Gasteiger partial charge in [0.1, 0.15) is 0 Å². The minimum atomic E-state index is -0.304. The molecule has 0 spiro atoms. The van der Waals surface area contributed by atoms with E-state index in [9.17, 15) is 4.79 Å². The highest BCUT2D eigenvalue weighted by Gasteiger charge is 2.12. The monoisotopic (exact) mass is 237 g/mol. The number of aliphatic hydroxyl groups excluding tert-OH is 1. The number of nitrogens with zero attached hydrogens (tertiary/aromatic N) is 1. The molecule has 0 amide bonds. The Morgan fingerprint density at radius 2 is 2.07 bits per heavy atom. The number of rotatable bonds is 6. The largest absolute Gasteiger partial charge is 1.00 e. The van der Waals surface area contributed by atoms with Gasteiger partial charge in [-0.2, -0.15) is 0 Å². The first-order chi connectivity index (χ1) is 6.52. The molecule has 0 aromatic carbocycles. The van der Waals surface area contributed by atoms with Gasteiger partial charge in [-0.05, 0) is 6.92 Å². The van der Waals surface area contributed by atoms with Crippen LogP contribution in [0.2, 0.25) is 0 Å². The van der Waals surface area contributed by atoms with Crippen LogP contribution in [0, 0.1) is 0 Å². The molecule has 0 unspecified atom stereocenters. The summed E-state index contributed by atoms with van der Waals surface area (Å²) in [4.78, 5) is 10.9. The van der Waals surface area contributed by atoms with E-state index in [-0.39, 0.29) is 25.1 Å². The smallest absolute Gasteiger partial charge is 0.330 e. The summed E-state index contributed by atoms with van der Waals surface area (Å²) >= 11 is 0. The normalized spacial score (nSPS) is 11.2. The lowest BCUT2D eigenvalue weighted by Gasteiger charge is -2.26. The van der Waals surface area contributed by atoms with Gasteiger partial charge >= 0.3 is 5.97 Å². The quantitative estimate of drug-likeness (QED) is 0.183. The predicted octanol–water partition coefficient (Wildman–Crippen LogP) is -2.47. The predicted molar refractivity (Wildman–Crippen MR) is 54.5 cm³/mol. The molecule has 0 rings (SSSR count). The second kappa shape index (κ2) is 8.71. The average Bonchev–Trinajstić information content (AvgIpc) is 2.13. The Morgan fingerprint density at radius 3 is 2.53 bits per heavy atom. The molecule has 0 bridgehead atoms. The summed E-state index contributed by atoms with van der Waals surface area (Å²) in [6, 6.07) is 0. The van der Waals surface area contributed by atoms with Crippen molar-refractivity contribution < 1.29 is 31.5 Å². The number of carbonyl (C=O) groups is 1. The van der Waals surface area contributed by atoms with Crippen molar-refractivity contribution in [2.45, 2.75) is 13.3 Å². The van der Waals surface area contributed by atoms with Crippen molar-refractivity contribution in [3.8, 4) is 0 Å². The number of allylic oxidation sites excluding steroid dienone is 1. The molecular weight excluding hydrogens is 218 g/mol. The minimum Gasteiger partial charge on any atom is -1.00 e. The van der Waals surface area contributed by atoms with Gasteiger partial charge in [0.2, 0.25) is 0 Å². The summed E-state index contributed by atoms with van der Waals surface area (Å²) in [5, 5.41) is 8.94. The molecule has 90 valence electrons. The van der Waals surface area contributed by atoms with Crippen molar-refractivity contribution in [3.63, 3.8) is 0 Å². The van der Waals surface area contributed by atoms with E-state index in [4.69, 9.17) is 9.84 Å². The molecule has 0 atom stereocenters. The van der Waals surface area contributed by atoms with Gasteiger partial charge in [0.05, 0.1) is 27.2 Å². The van der Waals surface area contributed by atoms with E-state index in [0.29, 0.717) is 11.1 Å². The van der Waals surface area contributed by atoms with Crippen molar-refractivity contribution in [2.75, 3.05) is 34.0 Å². The molecule has 0 radical (unpaired) electrons. The van der Waals surface area contributed by atoms with Crippen molar-refractivity contribution in [2.24, 2.45) is 0 Å². The van der Waals surface area contributed by atoms with E-state index < -0.39 is 0 Å². The van der Waals surface area contributed by atoms with E-state index in [1.165, 1.54) is 6.08 Å². The topological polar surface area (TPSA) is 46.5 Å². The molecule has 0 saturated carbocycles. The molecule has 0 aliphatic heterocycles. The Hall–Kier alpha value is -0.580. The van der Waals surface area contributed by atoms with Crippen LogP contribution in [0.5, 0.6) is 0 Å². The average molecular weight is 238 g/mol. The van der Waals surface area contributed by atoms with E-state index >= 15 is 0 Å². The van der Waals surface area contributed by atoms with Crippen LogP contribution in [-0.4, -0.2) is 49.5 Å². The highest BCUT2D eigenvalue weighted by molar-refractivity contribution is 5.81. The highest BCUT2D eigenvalue weighted by atomic mass is 35.5. The lowest BCUT2D eigenvalue weighted by molar-refractivity contribution is -0.909. The fraction of sp³-hybridized carbons (Fsp3) is 0.700. The van der Waals surface area contributed by atoms with E-state index in [0.717, 1.165) is 13.0 Å². The van der Waals surface area contributed by atoms with E-state index in [1.54, 1.807) is 13.0 Å². The lowest BCUT2D eigenvalue weighted by Crippen LogP contribution is -3.00. The summed E-state index contributed by atoms with van der Waals surface area (Å²) in [6.07, 6.45) is 3.80. The second-order valence-electron chi connectivity index (χ2n) is 3.82. The first-order valence-electron chi connectivity index (χ1n) is 4.74. The Balaban J connectivity index is 0. The SMILES string of the molecule is CC=CC(=O)OCCC[N+](C)(C)CO.[Cl-]. The molecule has 5 heteroatoms. The summed E-state index contributed by atoms with van der Waals surface area (Å²) in [5.41, 5.74) is 0. The molecule has 1 N–H and O–H groups in total. The Labute approximate surface area is 97.5 Å². The maximum Gasteiger partial charge on any atom is 0.330 e. The van der Waals surface area contributed by atoms with E-state index in [2.05, 4.69) is 0 Å². The maximum atomic E-state index is 10.9. The van der Waals surface area contributed by atoms with Crippen LogP contribution in [-0.2, 0) is 9.53 Å². The zero-order valence-corrected chi connectivity index (χ0v) is 10.3. The fourth-order valence-electron chi connectivity index (χ4n) is 0.920. The van der Waals surface area contributed by atoms with Gasteiger partial charge in [-0.25, -0.2) is 4.79 Å². The first kappa shape index (κ1) is 16.8. The van der Waals surface area contributed by atoms with Gasteiger partial charge in [-0.3, -0.25) is 0 Å². The summed E-state index contributed by atoms with van der Waals surface area (Å²) in [6.45, 7) is 3.07. The van der Waals surface area contributed by atoms with Crippen LogP contribution < -0.4 is 12.4 Å². The molecule has 0 saturated heterocycles. The first-order valence-corrected chi connectivity index (χ1v) is 4.74. The van der Waals surface area contributed by atoms with Crippen LogP contribution in [0.25, 0.3) is 0 Å². The van der Waals surface area contributed by atoms with Gasteiger partial charge < -0.3 is 26.7 Å². The number of halogens is 1. The number of hydrogen-bond donors (Lipinski definition) is 1. The molecule has 0 aromatic heterocycles. The van der Waals surface area contributed by atoms with Crippen molar-refractivity contribution in [1.82, 2.24) is 0 Å². The van der Waals surface area contributed by atoms with Crippen molar-refractivity contribution in [3.05, 3.63) is 12.2 Å². The molecular formula is C10H20ClNO3. The van der Waals surface area contributed by atoms with Crippen LogP contribution in [0.1, 0.15) is 13.3 Å². The zero-order chi connectivity index (χ0) is 11.0. The van der Waals surface area contributed by atoms with Gasteiger partial charge in [-0.15, -0.1) is 0 Å². The summed E-state index contributed by atoms with van der Waals surface area (Å²) < 4.78 is 5.43. The van der Waals surface area contributed by atoms with Crippen LogP contribution in [0.3, 0.4) is 0 Å². The fourth-order valence-corrected chi connectivity index (χ4v) is 0.920. The molecule has 0 heterocycles. The molecule has 0 fully saturated rings. The molecule has 15 heavy (non-hydrogen) atoms.